The van der Waals surface area contributed by atoms with Gasteiger partial charge in [-0.2, -0.15) is 13.2 Å². The van der Waals surface area contributed by atoms with Gasteiger partial charge in [0.05, 0.1) is 0 Å². The standard InChI is InChI=1S/C11H16F3N3O4/c1-7(18)15-8-2-3-16(4-8)10(21)17(5-9(19)20)6-11(12,13)14/h8H,2-6H2,1H3,(H,15,18)(H,19,20). The third-order valence-corrected chi connectivity index (χ3v) is 2.83. The highest BCUT2D eigenvalue weighted by molar-refractivity contribution is 5.80. The first-order chi connectivity index (χ1) is 9.58. The number of aliphatic carboxylic acids is 1. The SMILES string of the molecule is CC(=O)NC1CCN(C(=O)N(CC(=O)O)CC(F)(F)F)C1. The number of nitrogens with one attached hydrogen (secondary N) is 1. The Kier molecular flexibility index (Phi) is 5.39. The van der Waals surface area contributed by atoms with Crippen LogP contribution in [0.2, 0.25) is 0 Å². The molecule has 10 heteroatoms. The van der Waals surface area contributed by atoms with Gasteiger partial charge in [0.25, 0.3) is 0 Å². The molecule has 0 aromatic heterocycles. The Morgan fingerprint density at radius 2 is 2.00 bits per heavy atom. The van der Waals surface area contributed by atoms with Crippen LogP contribution in [0.15, 0.2) is 0 Å². The van der Waals surface area contributed by atoms with Crippen molar-refractivity contribution in [2.24, 2.45) is 0 Å². The van der Waals surface area contributed by atoms with Crippen molar-refractivity contribution in [1.82, 2.24) is 15.1 Å². The fourth-order valence-electron chi connectivity index (χ4n) is 2.11. The van der Waals surface area contributed by atoms with Gasteiger partial charge in [0.2, 0.25) is 5.91 Å². The summed E-state index contributed by atoms with van der Waals surface area (Å²) in [5.74, 6) is -1.82. The lowest BCUT2D eigenvalue weighted by atomic mass is 10.3. The third-order valence-electron chi connectivity index (χ3n) is 2.83. The quantitative estimate of drug-likeness (QED) is 0.779. The zero-order valence-electron chi connectivity index (χ0n) is 11.3. The first-order valence-corrected chi connectivity index (χ1v) is 6.18. The van der Waals surface area contributed by atoms with Gasteiger partial charge in [-0.15, -0.1) is 0 Å². The second kappa shape index (κ2) is 6.64. The van der Waals surface area contributed by atoms with E-state index in [1.165, 1.54) is 6.92 Å². The van der Waals surface area contributed by atoms with Crippen LogP contribution in [0.5, 0.6) is 0 Å². The summed E-state index contributed by atoms with van der Waals surface area (Å²) in [7, 11) is 0. The van der Waals surface area contributed by atoms with Crippen molar-refractivity contribution in [1.29, 1.82) is 0 Å². The summed E-state index contributed by atoms with van der Waals surface area (Å²) in [5.41, 5.74) is 0. The molecule has 0 aromatic rings. The molecule has 7 nitrogen and oxygen atoms in total. The van der Waals surface area contributed by atoms with Crippen molar-refractivity contribution in [3.05, 3.63) is 0 Å². The van der Waals surface area contributed by atoms with E-state index in [1.54, 1.807) is 0 Å². The molecule has 2 N–H and O–H groups in total. The highest BCUT2D eigenvalue weighted by Gasteiger charge is 2.37. The van der Waals surface area contributed by atoms with Crippen LogP contribution in [0.4, 0.5) is 18.0 Å². The van der Waals surface area contributed by atoms with Gasteiger partial charge in [0.1, 0.15) is 13.1 Å². The van der Waals surface area contributed by atoms with Gasteiger partial charge >= 0.3 is 18.2 Å². The Balaban J connectivity index is 2.68. The van der Waals surface area contributed by atoms with Crippen LogP contribution in [-0.4, -0.2) is 71.2 Å². The fourth-order valence-corrected chi connectivity index (χ4v) is 2.11. The molecule has 0 aliphatic carbocycles. The number of hydrogen-bond donors (Lipinski definition) is 2. The zero-order valence-corrected chi connectivity index (χ0v) is 11.3. The molecule has 1 rings (SSSR count). The number of likely N-dealkylation sites (tertiary alicyclic amines) is 1. The second-order valence-electron chi connectivity index (χ2n) is 4.78. The third kappa shape index (κ3) is 5.88. The number of carbonyl (C=O) groups is 3. The van der Waals surface area contributed by atoms with Gasteiger partial charge in [-0.25, -0.2) is 4.79 Å². The largest absolute Gasteiger partial charge is 0.480 e. The van der Waals surface area contributed by atoms with Crippen molar-refractivity contribution in [2.45, 2.75) is 25.6 Å². The van der Waals surface area contributed by atoms with Crippen LogP contribution in [0.1, 0.15) is 13.3 Å². The fraction of sp³-hybridized carbons (Fsp3) is 0.727. The lowest BCUT2D eigenvalue weighted by Crippen LogP contribution is -2.49. The maximum absolute atomic E-state index is 12.4. The van der Waals surface area contributed by atoms with Crippen LogP contribution in [0, 0.1) is 0 Å². The van der Waals surface area contributed by atoms with E-state index in [4.69, 9.17) is 5.11 Å². The van der Waals surface area contributed by atoms with Gasteiger partial charge in [-0.1, -0.05) is 0 Å². The van der Waals surface area contributed by atoms with Gasteiger partial charge in [-0.05, 0) is 6.42 Å². The van der Waals surface area contributed by atoms with E-state index in [0.29, 0.717) is 6.42 Å². The van der Waals surface area contributed by atoms with E-state index >= 15 is 0 Å². The van der Waals surface area contributed by atoms with Gasteiger partial charge in [0, 0.05) is 26.1 Å². The number of carboxylic acids is 1. The molecule has 1 heterocycles. The minimum atomic E-state index is -4.68. The van der Waals surface area contributed by atoms with E-state index in [0.717, 1.165) is 4.90 Å². The van der Waals surface area contributed by atoms with Gasteiger partial charge in [-0.3, -0.25) is 9.59 Å². The van der Waals surface area contributed by atoms with Gasteiger partial charge in [0.15, 0.2) is 0 Å². The van der Waals surface area contributed by atoms with Crippen LogP contribution in [0.25, 0.3) is 0 Å². The van der Waals surface area contributed by atoms with Crippen LogP contribution >= 0.6 is 0 Å². The average molecular weight is 311 g/mol. The molecule has 1 fully saturated rings. The maximum Gasteiger partial charge on any atom is 0.406 e. The maximum atomic E-state index is 12.4. The molecule has 1 unspecified atom stereocenters. The Morgan fingerprint density at radius 1 is 1.38 bits per heavy atom. The summed E-state index contributed by atoms with van der Waals surface area (Å²) in [5, 5.41) is 11.2. The molecule has 1 aliphatic rings. The van der Waals surface area contributed by atoms with E-state index < -0.39 is 31.3 Å². The molecule has 0 spiro atoms. The average Bonchev–Trinajstić information content (AvgIpc) is 2.72. The molecule has 0 radical (unpaired) electrons. The van der Waals surface area contributed by atoms with Crippen LogP contribution in [-0.2, 0) is 9.59 Å². The Labute approximate surface area is 118 Å². The van der Waals surface area contributed by atoms with Crippen molar-refractivity contribution >= 4 is 17.9 Å². The van der Waals surface area contributed by atoms with E-state index in [1.807, 2.05) is 0 Å². The molecular weight excluding hydrogens is 295 g/mol. The van der Waals surface area contributed by atoms with Crippen molar-refractivity contribution in [3.63, 3.8) is 0 Å². The summed E-state index contributed by atoms with van der Waals surface area (Å²) < 4.78 is 37.2. The monoisotopic (exact) mass is 311 g/mol. The number of hydrogen-bond acceptors (Lipinski definition) is 3. The van der Waals surface area contributed by atoms with Gasteiger partial charge < -0.3 is 20.2 Å². The summed E-state index contributed by atoms with van der Waals surface area (Å²) in [4.78, 5) is 34.8. The van der Waals surface area contributed by atoms with Crippen molar-refractivity contribution in [3.8, 4) is 0 Å². The lowest BCUT2D eigenvalue weighted by molar-refractivity contribution is -0.149. The Hall–Kier alpha value is -2.00. The zero-order chi connectivity index (χ0) is 16.2. The normalized spacial score (nSPS) is 18.5. The molecule has 1 aliphatic heterocycles. The smallest absolute Gasteiger partial charge is 0.406 e. The van der Waals surface area contributed by atoms with E-state index in [9.17, 15) is 27.6 Å². The van der Waals surface area contributed by atoms with Crippen molar-refractivity contribution in [2.75, 3.05) is 26.2 Å². The minimum Gasteiger partial charge on any atom is -0.480 e. The number of halogens is 3. The van der Waals surface area contributed by atoms with E-state index in [2.05, 4.69) is 5.32 Å². The van der Waals surface area contributed by atoms with Crippen LogP contribution < -0.4 is 5.32 Å². The molecule has 21 heavy (non-hydrogen) atoms. The molecule has 3 amide bonds. The molecule has 120 valence electrons. The number of carboxylic acid groups (broad SMARTS) is 1. The first-order valence-electron chi connectivity index (χ1n) is 6.18. The Morgan fingerprint density at radius 3 is 2.48 bits per heavy atom. The molecule has 1 saturated heterocycles. The summed E-state index contributed by atoms with van der Waals surface area (Å²) >= 11 is 0. The molecule has 0 aromatic carbocycles. The lowest BCUT2D eigenvalue weighted by Gasteiger charge is -2.27. The predicted octanol–water partition coefficient (Wildman–Crippen LogP) is 0.266. The first kappa shape index (κ1) is 17.1. The number of alkyl halides is 3. The highest BCUT2D eigenvalue weighted by Crippen LogP contribution is 2.19. The minimum absolute atomic E-state index is 0.0619. The number of rotatable bonds is 4. The molecule has 0 bridgehead atoms. The van der Waals surface area contributed by atoms with Crippen molar-refractivity contribution < 1.29 is 32.7 Å². The predicted molar refractivity (Wildman–Crippen MR) is 64.5 cm³/mol. The number of amides is 3. The number of nitrogens with zero attached hydrogens (tertiary/aromatic N) is 2. The second-order valence-corrected chi connectivity index (χ2v) is 4.78. The summed E-state index contributed by atoms with van der Waals surface area (Å²) in [6, 6.07) is -1.33. The molecular formula is C11H16F3N3O4. The van der Waals surface area contributed by atoms with Crippen LogP contribution in [0.3, 0.4) is 0 Å². The van der Waals surface area contributed by atoms with E-state index in [-0.39, 0.29) is 29.9 Å². The number of carbonyl (C=O) groups excluding carboxylic acids is 2. The topological polar surface area (TPSA) is 90.0 Å². The summed E-state index contributed by atoms with van der Waals surface area (Å²) in [6.07, 6.45) is -4.26. The number of urea groups is 1. The molecule has 0 saturated carbocycles. The summed E-state index contributed by atoms with van der Waals surface area (Å²) in [6.45, 7) is -1.13. The Bertz CT molecular complexity index is 427. The highest BCUT2D eigenvalue weighted by atomic mass is 19.4. The molecule has 1 atom stereocenters.